The van der Waals surface area contributed by atoms with Crippen molar-refractivity contribution in [3.05, 3.63) is 23.8 Å². The molecule has 2 aliphatic heterocycles. The molecule has 5 heteroatoms. The van der Waals surface area contributed by atoms with Gasteiger partial charge in [-0.25, -0.2) is 4.79 Å². The van der Waals surface area contributed by atoms with Crippen LogP contribution in [0.5, 0.6) is 11.5 Å². The molecule has 1 aromatic rings. The lowest BCUT2D eigenvalue weighted by atomic mass is 10.0. The predicted octanol–water partition coefficient (Wildman–Crippen LogP) is 2.40. The molecule has 2 heterocycles. The average Bonchev–Trinajstić information content (AvgIpc) is 2.69. The molecule has 5 nitrogen and oxygen atoms in total. The highest BCUT2D eigenvalue weighted by molar-refractivity contribution is 5.92. The summed E-state index contributed by atoms with van der Waals surface area (Å²) in [7, 11) is 3.70. The molecule has 0 radical (unpaired) electrons. The van der Waals surface area contributed by atoms with Crippen LogP contribution in [0.15, 0.2) is 18.2 Å². The number of carboxylic acids is 1. The number of fused-ring (bicyclic) bond motifs is 2. The Balaban J connectivity index is 1.83. The van der Waals surface area contributed by atoms with Crippen molar-refractivity contribution in [3.8, 4) is 11.5 Å². The van der Waals surface area contributed by atoms with Gasteiger partial charge in [0.25, 0.3) is 0 Å². The number of aromatic carboxylic acids is 1. The van der Waals surface area contributed by atoms with Gasteiger partial charge in [-0.15, -0.1) is 0 Å². The minimum absolute atomic E-state index is 0.0631. The highest BCUT2D eigenvalue weighted by atomic mass is 16.5. The number of hydrogen-bond donors (Lipinski definition) is 1. The molecule has 3 rings (SSSR count). The van der Waals surface area contributed by atoms with E-state index < -0.39 is 5.97 Å². The summed E-state index contributed by atoms with van der Waals surface area (Å²) >= 11 is 0. The molecule has 0 aromatic heterocycles. The first-order chi connectivity index (χ1) is 10.1. The molecule has 21 heavy (non-hydrogen) atoms. The van der Waals surface area contributed by atoms with Gasteiger partial charge in [0.2, 0.25) is 0 Å². The Hall–Kier alpha value is -1.75. The van der Waals surface area contributed by atoms with Crippen LogP contribution in [-0.4, -0.2) is 48.3 Å². The Kier molecular flexibility index (Phi) is 3.76. The average molecular weight is 291 g/mol. The van der Waals surface area contributed by atoms with Gasteiger partial charge >= 0.3 is 5.97 Å². The molecule has 2 fully saturated rings. The second-order valence-electron chi connectivity index (χ2n) is 5.90. The number of carboxylic acid groups (broad SMARTS) is 1. The van der Waals surface area contributed by atoms with Gasteiger partial charge in [0.15, 0.2) is 11.5 Å². The van der Waals surface area contributed by atoms with Gasteiger partial charge < -0.3 is 19.5 Å². The van der Waals surface area contributed by atoms with E-state index in [1.54, 1.807) is 18.2 Å². The maximum Gasteiger partial charge on any atom is 0.339 e. The fraction of sp³-hybridized carbons (Fsp3) is 0.562. The number of rotatable bonds is 4. The number of nitrogens with zero attached hydrogens (tertiary/aromatic N) is 1. The van der Waals surface area contributed by atoms with E-state index in [4.69, 9.17) is 9.47 Å². The lowest BCUT2D eigenvalue weighted by Gasteiger charge is -2.36. The first-order valence-electron chi connectivity index (χ1n) is 7.39. The molecule has 1 aromatic carbocycles. The molecular weight excluding hydrogens is 270 g/mol. The van der Waals surface area contributed by atoms with Gasteiger partial charge in [0.1, 0.15) is 11.7 Å². The molecule has 0 spiro atoms. The Morgan fingerprint density at radius 1 is 1.29 bits per heavy atom. The van der Waals surface area contributed by atoms with E-state index in [0.717, 1.165) is 12.8 Å². The zero-order chi connectivity index (χ0) is 15.0. The predicted molar refractivity (Wildman–Crippen MR) is 78.2 cm³/mol. The summed E-state index contributed by atoms with van der Waals surface area (Å²) in [6, 6.07) is 6.08. The summed E-state index contributed by atoms with van der Waals surface area (Å²) < 4.78 is 11.3. The minimum atomic E-state index is -0.986. The Morgan fingerprint density at radius 2 is 1.95 bits per heavy atom. The van der Waals surface area contributed by atoms with Crippen molar-refractivity contribution < 1.29 is 19.4 Å². The third kappa shape index (κ3) is 2.58. The van der Waals surface area contributed by atoms with E-state index in [-0.39, 0.29) is 11.7 Å². The summed E-state index contributed by atoms with van der Waals surface area (Å²) in [6.45, 7) is 0. The summed E-state index contributed by atoms with van der Waals surface area (Å²) in [6.07, 6.45) is 4.37. The fourth-order valence-electron chi connectivity index (χ4n) is 3.59. The second kappa shape index (κ2) is 5.56. The van der Waals surface area contributed by atoms with Crippen molar-refractivity contribution >= 4 is 5.97 Å². The summed E-state index contributed by atoms with van der Waals surface area (Å²) in [4.78, 5) is 13.8. The number of benzene rings is 1. The second-order valence-corrected chi connectivity index (χ2v) is 5.90. The minimum Gasteiger partial charge on any atom is -0.493 e. The smallest absolute Gasteiger partial charge is 0.339 e. The first kappa shape index (κ1) is 14.2. The van der Waals surface area contributed by atoms with Gasteiger partial charge in [-0.05, 0) is 44.9 Å². The highest BCUT2D eigenvalue weighted by Crippen LogP contribution is 2.39. The van der Waals surface area contributed by atoms with E-state index in [9.17, 15) is 9.90 Å². The molecule has 2 saturated heterocycles. The number of methoxy groups -OCH3 is 1. The van der Waals surface area contributed by atoms with Crippen LogP contribution >= 0.6 is 0 Å². The van der Waals surface area contributed by atoms with Crippen LogP contribution in [0, 0.1) is 0 Å². The maximum atomic E-state index is 11.4. The van der Waals surface area contributed by atoms with Crippen molar-refractivity contribution in [1.82, 2.24) is 4.90 Å². The standard InChI is InChI=1S/C16H21NO4/c1-17-10-6-7-11(17)9-12(8-10)21-15-13(16(18)19)4-3-5-14(15)20-2/h3-5,10-12H,6-9H2,1-2H3,(H,18,19). The summed E-state index contributed by atoms with van der Waals surface area (Å²) in [5.41, 5.74) is 0.167. The van der Waals surface area contributed by atoms with E-state index in [1.165, 1.54) is 20.0 Å². The number of hydrogen-bond acceptors (Lipinski definition) is 4. The molecule has 0 amide bonds. The molecule has 2 unspecified atom stereocenters. The van der Waals surface area contributed by atoms with Gasteiger partial charge in [-0.2, -0.15) is 0 Å². The molecule has 1 N–H and O–H groups in total. The van der Waals surface area contributed by atoms with Crippen LogP contribution < -0.4 is 9.47 Å². The van der Waals surface area contributed by atoms with Crippen molar-refractivity contribution in [2.24, 2.45) is 0 Å². The Labute approximate surface area is 124 Å². The molecule has 0 aliphatic carbocycles. The summed E-state index contributed by atoms with van der Waals surface area (Å²) in [5, 5.41) is 9.33. The molecule has 2 aliphatic rings. The van der Waals surface area contributed by atoms with Crippen LogP contribution in [0.25, 0.3) is 0 Å². The van der Waals surface area contributed by atoms with Crippen molar-refractivity contribution in [1.29, 1.82) is 0 Å². The first-order valence-corrected chi connectivity index (χ1v) is 7.39. The SMILES string of the molecule is COc1cccc(C(=O)O)c1OC1CC2CCC(C1)N2C. The number of ether oxygens (including phenoxy) is 2. The lowest BCUT2D eigenvalue weighted by Crippen LogP contribution is -2.44. The number of para-hydroxylation sites is 1. The van der Waals surface area contributed by atoms with Gasteiger partial charge in [0, 0.05) is 12.1 Å². The summed E-state index contributed by atoms with van der Waals surface area (Å²) in [5.74, 6) is -0.137. The van der Waals surface area contributed by atoms with Crippen molar-refractivity contribution in [2.45, 2.75) is 43.9 Å². The van der Waals surface area contributed by atoms with Crippen LogP contribution in [0.1, 0.15) is 36.0 Å². The zero-order valence-corrected chi connectivity index (χ0v) is 12.4. The molecule has 2 atom stereocenters. The lowest BCUT2D eigenvalue weighted by molar-refractivity contribution is 0.0592. The molecular formula is C16H21NO4. The van der Waals surface area contributed by atoms with E-state index >= 15 is 0 Å². The molecule has 114 valence electrons. The van der Waals surface area contributed by atoms with Gasteiger partial charge in [-0.1, -0.05) is 6.07 Å². The van der Waals surface area contributed by atoms with E-state index in [2.05, 4.69) is 11.9 Å². The van der Waals surface area contributed by atoms with Crippen LogP contribution in [0.3, 0.4) is 0 Å². The maximum absolute atomic E-state index is 11.4. The third-order valence-corrected chi connectivity index (χ3v) is 4.77. The third-order valence-electron chi connectivity index (χ3n) is 4.77. The van der Waals surface area contributed by atoms with Crippen LogP contribution in [0.2, 0.25) is 0 Å². The van der Waals surface area contributed by atoms with Crippen molar-refractivity contribution in [2.75, 3.05) is 14.2 Å². The normalized spacial score (nSPS) is 28.4. The largest absolute Gasteiger partial charge is 0.493 e. The number of carbonyl (C=O) groups is 1. The zero-order valence-electron chi connectivity index (χ0n) is 12.4. The molecule has 0 saturated carbocycles. The van der Waals surface area contributed by atoms with E-state index in [1.807, 2.05) is 0 Å². The Bertz CT molecular complexity index is 531. The topological polar surface area (TPSA) is 59.0 Å². The van der Waals surface area contributed by atoms with Crippen LogP contribution in [-0.2, 0) is 0 Å². The highest BCUT2D eigenvalue weighted by Gasteiger charge is 2.39. The van der Waals surface area contributed by atoms with Crippen LogP contribution in [0.4, 0.5) is 0 Å². The fourth-order valence-corrected chi connectivity index (χ4v) is 3.59. The Morgan fingerprint density at radius 3 is 2.52 bits per heavy atom. The monoisotopic (exact) mass is 291 g/mol. The quantitative estimate of drug-likeness (QED) is 0.923. The van der Waals surface area contributed by atoms with Gasteiger partial charge in [0.05, 0.1) is 7.11 Å². The molecule has 2 bridgehead atoms. The van der Waals surface area contributed by atoms with Crippen molar-refractivity contribution in [3.63, 3.8) is 0 Å². The van der Waals surface area contributed by atoms with E-state index in [0.29, 0.717) is 23.6 Å². The van der Waals surface area contributed by atoms with Gasteiger partial charge in [-0.3, -0.25) is 0 Å². The number of piperidine rings is 1.